The van der Waals surface area contributed by atoms with Gasteiger partial charge in [0.25, 0.3) is 0 Å². The first-order valence-electron chi connectivity index (χ1n) is 12.9. The molecule has 2 aromatic rings. The highest BCUT2D eigenvalue weighted by molar-refractivity contribution is 5.93. The van der Waals surface area contributed by atoms with Crippen LogP contribution in [0.1, 0.15) is 123 Å². The molecule has 0 bridgehead atoms. The van der Waals surface area contributed by atoms with Gasteiger partial charge >= 0.3 is 0 Å². The quantitative estimate of drug-likeness (QED) is 0.417. The largest absolute Gasteiger partial charge is 0.507 e. The molecule has 0 saturated carbocycles. The Balaban J connectivity index is 0. The summed E-state index contributed by atoms with van der Waals surface area (Å²) in [4.78, 5) is 0. The number of phenolic OH excluding ortho intramolecular Hbond substituents is 1. The van der Waals surface area contributed by atoms with E-state index in [4.69, 9.17) is 0 Å². The molecule has 0 aromatic heterocycles. The zero-order chi connectivity index (χ0) is 25.4. The van der Waals surface area contributed by atoms with Crippen molar-refractivity contribution in [2.75, 3.05) is 6.61 Å². The van der Waals surface area contributed by atoms with E-state index in [0.29, 0.717) is 17.6 Å². The molecule has 1 atom stereocenters. The predicted octanol–water partition coefficient (Wildman–Crippen LogP) is 9.44. The number of aliphatic hydroxyl groups is 1. The van der Waals surface area contributed by atoms with Gasteiger partial charge in [0.1, 0.15) is 5.75 Å². The first-order valence-corrected chi connectivity index (χ1v) is 12.9. The van der Waals surface area contributed by atoms with Crippen LogP contribution in [0.5, 0.6) is 5.75 Å². The summed E-state index contributed by atoms with van der Waals surface area (Å²) in [5.41, 5.74) is 5.75. The van der Waals surface area contributed by atoms with Crippen molar-refractivity contribution < 1.29 is 10.2 Å². The zero-order valence-corrected chi connectivity index (χ0v) is 23.2. The third-order valence-electron chi connectivity index (χ3n) is 5.55. The number of phenols is 1. The molecular formula is C30H52O2. The fraction of sp³-hybridized carbons (Fsp3) is 0.600. The minimum absolute atomic E-state index is 0.116. The lowest BCUT2D eigenvalue weighted by molar-refractivity contribution is 0.331. The van der Waals surface area contributed by atoms with Crippen molar-refractivity contribution in [2.45, 2.75) is 114 Å². The fourth-order valence-corrected chi connectivity index (χ4v) is 3.69. The maximum Gasteiger partial charge on any atom is 0.123 e. The van der Waals surface area contributed by atoms with E-state index >= 15 is 0 Å². The van der Waals surface area contributed by atoms with E-state index in [2.05, 4.69) is 58.9 Å². The summed E-state index contributed by atoms with van der Waals surface area (Å²) in [5.74, 6) is 1.09. The van der Waals surface area contributed by atoms with Crippen LogP contribution in [0, 0.1) is 6.92 Å². The molecule has 0 aliphatic heterocycles. The van der Waals surface area contributed by atoms with Crippen molar-refractivity contribution in [3.63, 3.8) is 0 Å². The van der Waals surface area contributed by atoms with Crippen molar-refractivity contribution in [1.82, 2.24) is 0 Å². The summed E-state index contributed by atoms with van der Waals surface area (Å²) in [6.45, 7) is 24.9. The standard InChI is InChI=1S/C24H34O2.3C2H6/c1-7-17(5)22-23-19(13-21(15(2)3)24(22)26)12-11-18(6)20(23)10-8-9-16(4)14-25;3*1-2/h9,11-13,15,17,25-26H,7-8,10,14H2,1-6H3;3*1-2H3/b16-9+;;;/t17-;;;/m0.../s1. The van der Waals surface area contributed by atoms with Crippen molar-refractivity contribution in [2.24, 2.45) is 0 Å². The molecule has 0 saturated heterocycles. The number of benzene rings is 2. The molecule has 0 spiro atoms. The maximum absolute atomic E-state index is 11.1. The van der Waals surface area contributed by atoms with Gasteiger partial charge in [-0.15, -0.1) is 0 Å². The lowest BCUT2D eigenvalue weighted by Gasteiger charge is -2.22. The highest BCUT2D eigenvalue weighted by Gasteiger charge is 2.21. The van der Waals surface area contributed by atoms with Gasteiger partial charge in [0.2, 0.25) is 0 Å². The number of hydrogen-bond acceptors (Lipinski definition) is 2. The van der Waals surface area contributed by atoms with Crippen LogP contribution in [0.25, 0.3) is 10.8 Å². The molecule has 2 N–H and O–H groups in total. The molecule has 0 unspecified atom stereocenters. The third-order valence-corrected chi connectivity index (χ3v) is 5.55. The van der Waals surface area contributed by atoms with Gasteiger partial charge in [0.05, 0.1) is 6.61 Å². The van der Waals surface area contributed by atoms with Crippen LogP contribution in [0.3, 0.4) is 0 Å². The number of fused-ring (bicyclic) bond motifs is 1. The average molecular weight is 445 g/mol. The highest BCUT2D eigenvalue weighted by atomic mass is 16.3. The zero-order valence-electron chi connectivity index (χ0n) is 23.2. The monoisotopic (exact) mass is 444 g/mol. The van der Waals surface area contributed by atoms with Gasteiger partial charge in [-0.3, -0.25) is 0 Å². The van der Waals surface area contributed by atoms with Gasteiger partial charge in [-0.1, -0.05) is 93.0 Å². The number of hydrogen-bond donors (Lipinski definition) is 2. The molecule has 2 rings (SSSR count). The molecular weight excluding hydrogens is 392 g/mol. The van der Waals surface area contributed by atoms with Crippen LogP contribution in [-0.2, 0) is 6.42 Å². The Hall–Kier alpha value is -1.80. The Morgan fingerprint density at radius 3 is 2.03 bits per heavy atom. The van der Waals surface area contributed by atoms with Crippen LogP contribution in [-0.4, -0.2) is 16.8 Å². The number of rotatable bonds is 7. The Morgan fingerprint density at radius 1 is 1.00 bits per heavy atom. The molecule has 0 aliphatic carbocycles. The lowest BCUT2D eigenvalue weighted by atomic mass is 9.83. The summed E-state index contributed by atoms with van der Waals surface area (Å²) in [7, 11) is 0. The number of aliphatic hydroxyl groups excluding tert-OH is 1. The summed E-state index contributed by atoms with van der Waals surface area (Å²) in [5, 5.41) is 22.8. The van der Waals surface area contributed by atoms with Gasteiger partial charge < -0.3 is 10.2 Å². The maximum atomic E-state index is 11.1. The van der Waals surface area contributed by atoms with E-state index in [9.17, 15) is 10.2 Å². The smallest absolute Gasteiger partial charge is 0.123 e. The van der Waals surface area contributed by atoms with Crippen LogP contribution in [0.15, 0.2) is 29.8 Å². The summed E-state index contributed by atoms with van der Waals surface area (Å²) >= 11 is 0. The molecule has 0 radical (unpaired) electrons. The number of aryl methyl sites for hydroxylation is 2. The minimum Gasteiger partial charge on any atom is -0.507 e. The normalized spacial score (nSPS) is 11.6. The van der Waals surface area contributed by atoms with E-state index in [-0.39, 0.29) is 6.61 Å². The Kier molecular flexibility index (Phi) is 17.9. The molecule has 0 amide bonds. The predicted molar refractivity (Wildman–Crippen MR) is 146 cm³/mol. The van der Waals surface area contributed by atoms with Crippen molar-refractivity contribution in [3.8, 4) is 5.75 Å². The van der Waals surface area contributed by atoms with Crippen LogP contribution >= 0.6 is 0 Å². The second-order valence-electron chi connectivity index (χ2n) is 7.90. The first-order chi connectivity index (χ1) is 15.3. The molecule has 32 heavy (non-hydrogen) atoms. The van der Waals surface area contributed by atoms with Gasteiger partial charge in [-0.2, -0.15) is 0 Å². The van der Waals surface area contributed by atoms with Crippen molar-refractivity contribution in [3.05, 3.63) is 52.1 Å². The van der Waals surface area contributed by atoms with Crippen LogP contribution in [0.4, 0.5) is 0 Å². The SMILES string of the molecule is CC.CC.CC.CC[C@H](C)c1c(O)c(C(C)C)cc2ccc(C)c(CC/C=C(\C)CO)c12. The number of aromatic hydroxyl groups is 1. The molecule has 0 fully saturated rings. The van der Waals surface area contributed by atoms with Gasteiger partial charge in [0.15, 0.2) is 0 Å². The summed E-state index contributed by atoms with van der Waals surface area (Å²) in [6, 6.07) is 6.56. The third kappa shape index (κ3) is 8.62. The van der Waals surface area contributed by atoms with Gasteiger partial charge in [-0.05, 0) is 78.5 Å². The topological polar surface area (TPSA) is 40.5 Å². The molecule has 184 valence electrons. The van der Waals surface area contributed by atoms with E-state index in [0.717, 1.165) is 36.0 Å². The Bertz CT molecular complexity index is 800. The van der Waals surface area contributed by atoms with Crippen molar-refractivity contribution >= 4 is 10.8 Å². The Labute approximate surface area is 199 Å². The van der Waals surface area contributed by atoms with Gasteiger partial charge in [0, 0.05) is 5.56 Å². The molecule has 2 nitrogen and oxygen atoms in total. The molecule has 2 aromatic carbocycles. The number of allylic oxidation sites excluding steroid dienone is 1. The van der Waals surface area contributed by atoms with E-state index < -0.39 is 0 Å². The Morgan fingerprint density at radius 2 is 1.56 bits per heavy atom. The molecule has 0 aliphatic rings. The van der Waals surface area contributed by atoms with Crippen molar-refractivity contribution in [1.29, 1.82) is 0 Å². The second-order valence-corrected chi connectivity index (χ2v) is 7.90. The van der Waals surface area contributed by atoms with Crippen LogP contribution in [0.2, 0.25) is 0 Å². The summed E-state index contributed by atoms with van der Waals surface area (Å²) < 4.78 is 0. The average Bonchev–Trinajstić information content (AvgIpc) is 2.83. The first kappa shape index (κ1) is 32.4. The van der Waals surface area contributed by atoms with E-state index in [1.807, 2.05) is 48.5 Å². The van der Waals surface area contributed by atoms with Crippen LogP contribution < -0.4 is 0 Å². The van der Waals surface area contributed by atoms with E-state index in [1.54, 1.807) is 0 Å². The van der Waals surface area contributed by atoms with Gasteiger partial charge in [-0.25, -0.2) is 0 Å². The molecule has 0 heterocycles. The highest BCUT2D eigenvalue weighted by Crippen LogP contribution is 2.42. The summed E-state index contributed by atoms with van der Waals surface area (Å²) in [6.07, 6.45) is 4.94. The fourth-order valence-electron chi connectivity index (χ4n) is 3.69. The second kappa shape index (κ2) is 17.7. The molecule has 2 heteroatoms. The van der Waals surface area contributed by atoms with E-state index in [1.165, 1.54) is 21.9 Å². The lowest BCUT2D eigenvalue weighted by Crippen LogP contribution is -2.03. The minimum atomic E-state index is 0.116.